The van der Waals surface area contributed by atoms with E-state index in [0.717, 1.165) is 37.4 Å². The van der Waals surface area contributed by atoms with Gasteiger partial charge in [-0.3, -0.25) is 19.2 Å². The normalized spacial score (nSPS) is 25.1. The van der Waals surface area contributed by atoms with Gasteiger partial charge in [-0.2, -0.15) is 0 Å². The lowest BCUT2D eigenvalue weighted by atomic mass is 9.69. The fourth-order valence-corrected chi connectivity index (χ4v) is 5.94. The van der Waals surface area contributed by atoms with Crippen LogP contribution in [0.25, 0.3) is 11.3 Å². The van der Waals surface area contributed by atoms with Crippen molar-refractivity contribution in [2.45, 2.75) is 51.2 Å². The highest BCUT2D eigenvalue weighted by Crippen LogP contribution is 2.48. The van der Waals surface area contributed by atoms with Crippen LogP contribution in [0.4, 0.5) is 5.95 Å². The lowest BCUT2D eigenvalue weighted by Gasteiger charge is -2.46. The maximum atomic E-state index is 12.8. The molecule has 1 saturated heterocycles. The number of hydrogen-bond acceptors (Lipinski definition) is 5. The number of anilines is 1. The van der Waals surface area contributed by atoms with Crippen LogP contribution in [0.3, 0.4) is 0 Å². The van der Waals surface area contributed by atoms with Crippen LogP contribution in [0.15, 0.2) is 65.7 Å². The number of aromatic nitrogens is 3. The van der Waals surface area contributed by atoms with E-state index in [9.17, 15) is 4.79 Å². The van der Waals surface area contributed by atoms with E-state index in [4.69, 9.17) is 4.98 Å². The summed E-state index contributed by atoms with van der Waals surface area (Å²) >= 11 is 0. The van der Waals surface area contributed by atoms with Crippen LogP contribution in [-0.2, 0) is 13.6 Å². The highest BCUT2D eigenvalue weighted by atomic mass is 16.1. The Balaban J connectivity index is 1.36. The summed E-state index contributed by atoms with van der Waals surface area (Å²) in [6.45, 7) is 4.65. The molecule has 172 valence electrons. The van der Waals surface area contributed by atoms with Crippen LogP contribution in [0.2, 0.25) is 0 Å². The van der Waals surface area contributed by atoms with Gasteiger partial charge in [0.1, 0.15) is 0 Å². The third kappa shape index (κ3) is 4.20. The van der Waals surface area contributed by atoms with Gasteiger partial charge in [-0.15, -0.1) is 0 Å². The smallest absolute Gasteiger partial charge is 0.255 e. The molecular formula is C27H33N5O. The van der Waals surface area contributed by atoms with Crippen LogP contribution < -0.4 is 10.5 Å². The fourth-order valence-electron chi connectivity index (χ4n) is 5.94. The van der Waals surface area contributed by atoms with Crippen molar-refractivity contribution in [1.82, 2.24) is 19.4 Å². The number of rotatable bonds is 5. The van der Waals surface area contributed by atoms with E-state index in [1.807, 2.05) is 19.2 Å². The number of fused-ring (bicyclic) bond motifs is 1. The van der Waals surface area contributed by atoms with Gasteiger partial charge >= 0.3 is 0 Å². The first kappa shape index (κ1) is 21.8. The summed E-state index contributed by atoms with van der Waals surface area (Å²) in [4.78, 5) is 26.7. The van der Waals surface area contributed by atoms with Crippen molar-refractivity contribution in [2.24, 2.45) is 12.5 Å². The van der Waals surface area contributed by atoms with Crippen molar-refractivity contribution >= 4 is 5.95 Å². The van der Waals surface area contributed by atoms with E-state index in [1.54, 1.807) is 23.0 Å². The topological polar surface area (TPSA) is 54.3 Å². The molecular weight excluding hydrogens is 410 g/mol. The Morgan fingerprint density at radius 2 is 1.88 bits per heavy atom. The molecule has 1 aromatic carbocycles. The van der Waals surface area contributed by atoms with Crippen LogP contribution in [0.1, 0.15) is 38.2 Å². The first-order chi connectivity index (χ1) is 15.9. The number of pyridine rings is 1. The molecule has 5 rings (SSSR count). The monoisotopic (exact) mass is 443 g/mol. The molecule has 3 aromatic rings. The highest BCUT2D eigenvalue weighted by molar-refractivity contribution is 5.59. The molecule has 2 fully saturated rings. The van der Waals surface area contributed by atoms with Gasteiger partial charge in [0.15, 0.2) is 0 Å². The Morgan fingerprint density at radius 3 is 2.64 bits per heavy atom. The fraction of sp³-hybridized carbons (Fsp3) is 0.444. The molecule has 33 heavy (non-hydrogen) atoms. The third-order valence-corrected chi connectivity index (χ3v) is 7.87. The Labute approximate surface area is 195 Å². The van der Waals surface area contributed by atoms with Crippen molar-refractivity contribution in [3.63, 3.8) is 0 Å². The molecule has 0 radical (unpaired) electrons. The number of hydrogen-bond donors (Lipinski definition) is 0. The minimum atomic E-state index is -0.0338. The first-order valence-electron chi connectivity index (χ1n) is 11.9. The van der Waals surface area contributed by atoms with E-state index < -0.39 is 0 Å². The van der Waals surface area contributed by atoms with E-state index >= 15 is 0 Å². The van der Waals surface area contributed by atoms with Gasteiger partial charge in [-0.1, -0.05) is 37.3 Å². The minimum Gasteiger partial charge on any atom is -0.342 e. The quantitative estimate of drug-likeness (QED) is 0.594. The molecule has 0 bridgehead atoms. The summed E-state index contributed by atoms with van der Waals surface area (Å²) in [5.74, 6) is 0.737. The van der Waals surface area contributed by atoms with Crippen LogP contribution in [0.5, 0.6) is 0 Å². The first-order valence-corrected chi connectivity index (χ1v) is 11.9. The lowest BCUT2D eigenvalue weighted by Crippen LogP contribution is -2.49. The minimum absolute atomic E-state index is 0.0338. The number of benzene rings is 1. The van der Waals surface area contributed by atoms with Crippen molar-refractivity contribution in [3.05, 3.63) is 76.8 Å². The molecule has 6 heteroatoms. The molecule has 1 saturated carbocycles. The predicted octanol–water partition coefficient (Wildman–Crippen LogP) is 4.11. The summed E-state index contributed by atoms with van der Waals surface area (Å²) in [7, 11) is 3.92. The van der Waals surface area contributed by atoms with E-state index in [1.165, 1.54) is 18.4 Å². The summed E-state index contributed by atoms with van der Waals surface area (Å²) < 4.78 is 1.68. The molecule has 3 heterocycles. The van der Waals surface area contributed by atoms with E-state index in [-0.39, 0.29) is 11.0 Å². The summed E-state index contributed by atoms with van der Waals surface area (Å²) in [6.07, 6.45) is 8.10. The average molecular weight is 444 g/mol. The van der Waals surface area contributed by atoms with Gasteiger partial charge in [0, 0.05) is 56.7 Å². The predicted molar refractivity (Wildman–Crippen MR) is 132 cm³/mol. The average Bonchev–Trinajstić information content (AvgIpc) is 3.16. The lowest BCUT2D eigenvalue weighted by molar-refractivity contribution is 0.0992. The summed E-state index contributed by atoms with van der Waals surface area (Å²) in [6, 6.07) is 17.2. The molecule has 1 aliphatic carbocycles. The zero-order valence-electron chi connectivity index (χ0n) is 19.8. The molecule has 6 nitrogen and oxygen atoms in total. The molecule has 2 aromatic heterocycles. The van der Waals surface area contributed by atoms with Crippen LogP contribution >= 0.6 is 0 Å². The van der Waals surface area contributed by atoms with Gasteiger partial charge in [0.2, 0.25) is 5.95 Å². The number of nitrogens with zero attached hydrogens (tertiary/aromatic N) is 5. The van der Waals surface area contributed by atoms with E-state index in [0.29, 0.717) is 17.8 Å². The van der Waals surface area contributed by atoms with Gasteiger partial charge in [-0.05, 0) is 55.3 Å². The molecule has 2 unspecified atom stereocenters. The summed E-state index contributed by atoms with van der Waals surface area (Å²) in [5.41, 5.74) is 3.27. The Morgan fingerprint density at radius 1 is 1.12 bits per heavy atom. The molecule has 0 amide bonds. The molecule has 3 atom stereocenters. The largest absolute Gasteiger partial charge is 0.342 e. The van der Waals surface area contributed by atoms with Crippen molar-refractivity contribution in [3.8, 4) is 11.3 Å². The Bertz CT molecular complexity index is 1160. The number of likely N-dealkylation sites (tertiary alicyclic amines) is 1. The second-order valence-electron chi connectivity index (χ2n) is 10.00. The standard InChI is InChI=1S/C27H33N5O/c1-27-13-16-32(19-20-7-5-4-6-8-20)24(27)10-9-22(18-27)30(2)26-29-23(17-25(33)31(26)3)21-11-14-28-15-12-21/h4-8,11-12,14-15,17,22,24H,9-10,13,16,18-19H2,1-3H3/t22-,24?,27?/m0/s1. The molecule has 2 aliphatic rings. The van der Waals surface area contributed by atoms with Gasteiger partial charge in [0.05, 0.1) is 5.69 Å². The zero-order chi connectivity index (χ0) is 23.0. The maximum absolute atomic E-state index is 12.8. The molecule has 1 aliphatic heterocycles. The maximum Gasteiger partial charge on any atom is 0.255 e. The van der Waals surface area contributed by atoms with Gasteiger partial charge in [-0.25, -0.2) is 4.98 Å². The molecule has 0 N–H and O–H groups in total. The van der Waals surface area contributed by atoms with Crippen LogP contribution in [0, 0.1) is 5.41 Å². The Kier molecular flexibility index (Phi) is 5.79. The SMILES string of the molecule is CN(c1nc(-c2ccncc2)cc(=O)n1C)[C@H]1CCC2N(Cc3ccccc3)CCC2(C)C1. The van der Waals surface area contributed by atoms with E-state index in [2.05, 4.69) is 59.1 Å². The highest BCUT2D eigenvalue weighted by Gasteiger charge is 2.48. The summed E-state index contributed by atoms with van der Waals surface area (Å²) in [5, 5.41) is 0. The Hall–Kier alpha value is -2.99. The van der Waals surface area contributed by atoms with Crippen LogP contribution in [-0.4, -0.2) is 45.1 Å². The molecule has 0 spiro atoms. The van der Waals surface area contributed by atoms with Crippen molar-refractivity contribution < 1.29 is 0 Å². The van der Waals surface area contributed by atoms with Gasteiger partial charge in [0.25, 0.3) is 5.56 Å². The van der Waals surface area contributed by atoms with Crippen molar-refractivity contribution in [2.75, 3.05) is 18.5 Å². The second-order valence-corrected chi connectivity index (χ2v) is 10.00. The second kappa shape index (κ2) is 8.75. The van der Waals surface area contributed by atoms with Crippen molar-refractivity contribution in [1.29, 1.82) is 0 Å². The third-order valence-electron chi connectivity index (χ3n) is 7.87. The van der Waals surface area contributed by atoms with Gasteiger partial charge < -0.3 is 4.90 Å². The zero-order valence-corrected chi connectivity index (χ0v) is 19.8.